The predicted octanol–water partition coefficient (Wildman–Crippen LogP) is -0.657. The van der Waals surface area contributed by atoms with Crippen LogP contribution < -0.4 is 51.4 Å². The van der Waals surface area contributed by atoms with Crippen LogP contribution in [0.5, 0.6) is 0 Å². The first kappa shape index (κ1) is 12.9. The molecule has 48 valence electrons. The fraction of sp³-hybridized carbons (Fsp3) is 0.500. The molecule has 0 saturated carbocycles. The summed E-state index contributed by atoms with van der Waals surface area (Å²) in [5.41, 5.74) is -0.606. The largest absolute Gasteiger partial charge is 1.00 e. The summed E-state index contributed by atoms with van der Waals surface area (Å²) < 4.78 is 34.2. The van der Waals surface area contributed by atoms with Gasteiger partial charge in [-0.05, 0) is 0 Å². The standard InChI is InChI=1S/C4H7BF3.K/c1-3-4(2)5(6,7)8;/h2-3H2,1H3;/q-1;+1. The average molecular weight is 162 g/mol. The molecule has 0 atom stereocenters. The molecule has 0 nitrogen and oxygen atoms in total. The van der Waals surface area contributed by atoms with Crippen LogP contribution in [0.25, 0.3) is 0 Å². The van der Waals surface area contributed by atoms with Gasteiger partial charge >= 0.3 is 58.4 Å². The fourth-order valence-electron chi connectivity index (χ4n) is 0.231. The molecule has 0 aliphatic rings. The van der Waals surface area contributed by atoms with Crippen molar-refractivity contribution in [2.45, 2.75) is 13.3 Å². The molecule has 0 spiro atoms. The smallest absolute Gasteiger partial charge is 0.445 e. The molecule has 0 rings (SSSR count). The summed E-state index contributed by atoms with van der Waals surface area (Å²) >= 11 is 0. The van der Waals surface area contributed by atoms with Crippen molar-refractivity contribution >= 4 is 6.98 Å². The zero-order valence-electron chi connectivity index (χ0n) is 5.63. The van der Waals surface area contributed by atoms with Gasteiger partial charge in [0.15, 0.2) is 0 Å². The molecule has 0 aromatic carbocycles. The van der Waals surface area contributed by atoms with Gasteiger partial charge in [-0.3, -0.25) is 0 Å². The summed E-state index contributed by atoms with van der Waals surface area (Å²) in [4.78, 5) is 0. The molecule has 0 aromatic heterocycles. The number of hydrogen-bond donors (Lipinski definition) is 0. The van der Waals surface area contributed by atoms with Crippen molar-refractivity contribution in [3.8, 4) is 0 Å². The van der Waals surface area contributed by atoms with E-state index in [1.54, 1.807) is 0 Å². The molecule has 0 N–H and O–H groups in total. The third-order valence-electron chi connectivity index (χ3n) is 0.917. The van der Waals surface area contributed by atoms with Crippen LogP contribution in [-0.4, -0.2) is 6.98 Å². The minimum absolute atomic E-state index is 0. The van der Waals surface area contributed by atoms with Crippen molar-refractivity contribution in [3.05, 3.63) is 12.1 Å². The number of hydrogen-bond acceptors (Lipinski definition) is 0. The Hall–Kier alpha value is 1.23. The Morgan fingerprint density at radius 1 is 1.44 bits per heavy atom. The minimum Gasteiger partial charge on any atom is -0.445 e. The van der Waals surface area contributed by atoms with E-state index in [0.29, 0.717) is 0 Å². The SMILES string of the molecule is C=C(CC)[B-](F)(F)F.[K+]. The van der Waals surface area contributed by atoms with Gasteiger partial charge in [-0.1, -0.05) is 13.3 Å². The molecule has 0 radical (unpaired) electrons. The van der Waals surface area contributed by atoms with E-state index >= 15 is 0 Å². The molecule has 0 aliphatic carbocycles. The number of rotatable bonds is 2. The third-order valence-corrected chi connectivity index (χ3v) is 0.917. The third kappa shape index (κ3) is 5.66. The maximum absolute atomic E-state index is 11.4. The summed E-state index contributed by atoms with van der Waals surface area (Å²) in [6.07, 6.45) is 0.00347. The van der Waals surface area contributed by atoms with Gasteiger partial charge in [0, 0.05) is 0 Å². The van der Waals surface area contributed by atoms with Crippen LogP contribution in [0.3, 0.4) is 0 Å². The van der Waals surface area contributed by atoms with Gasteiger partial charge in [0.1, 0.15) is 0 Å². The zero-order valence-corrected chi connectivity index (χ0v) is 8.75. The van der Waals surface area contributed by atoms with Gasteiger partial charge in [0.2, 0.25) is 0 Å². The van der Waals surface area contributed by atoms with E-state index < -0.39 is 12.4 Å². The molecular weight excluding hydrogens is 155 g/mol. The first-order valence-corrected chi connectivity index (χ1v) is 2.36. The molecule has 0 heterocycles. The van der Waals surface area contributed by atoms with Crippen LogP contribution in [0.15, 0.2) is 12.1 Å². The van der Waals surface area contributed by atoms with Crippen molar-refractivity contribution in [3.63, 3.8) is 0 Å². The molecule has 0 amide bonds. The van der Waals surface area contributed by atoms with E-state index in [1.165, 1.54) is 6.92 Å². The van der Waals surface area contributed by atoms with Gasteiger partial charge < -0.3 is 12.9 Å². The second kappa shape index (κ2) is 4.96. The Kier molecular flexibility index (Phi) is 7.09. The van der Waals surface area contributed by atoms with Crippen molar-refractivity contribution in [1.82, 2.24) is 0 Å². The average Bonchev–Trinajstić information content (AvgIpc) is 1.62. The summed E-state index contributed by atoms with van der Waals surface area (Å²) in [7, 11) is 0. The topological polar surface area (TPSA) is 0 Å². The van der Waals surface area contributed by atoms with Crippen LogP contribution >= 0.6 is 0 Å². The van der Waals surface area contributed by atoms with Crippen LogP contribution in [0.4, 0.5) is 12.9 Å². The van der Waals surface area contributed by atoms with E-state index in [0.717, 1.165) is 0 Å². The normalized spacial score (nSPS) is 10.2. The van der Waals surface area contributed by atoms with Gasteiger partial charge in [0.05, 0.1) is 0 Å². The molecular formula is C4H7BF3K. The van der Waals surface area contributed by atoms with E-state index in [1.807, 2.05) is 0 Å². The van der Waals surface area contributed by atoms with Crippen LogP contribution in [0, 0.1) is 0 Å². The minimum atomic E-state index is -4.76. The van der Waals surface area contributed by atoms with E-state index in [2.05, 4.69) is 6.58 Å². The van der Waals surface area contributed by atoms with E-state index in [-0.39, 0.29) is 57.8 Å². The predicted molar refractivity (Wildman–Crippen MR) is 28.5 cm³/mol. The first-order valence-electron chi connectivity index (χ1n) is 2.36. The van der Waals surface area contributed by atoms with Crippen LogP contribution in [0.1, 0.15) is 13.3 Å². The quantitative estimate of drug-likeness (QED) is 0.473. The first-order chi connectivity index (χ1) is 3.48. The van der Waals surface area contributed by atoms with Gasteiger partial charge in [-0.25, -0.2) is 0 Å². The second-order valence-corrected chi connectivity index (χ2v) is 1.59. The fourth-order valence-corrected chi connectivity index (χ4v) is 0.231. The summed E-state index contributed by atoms with van der Waals surface area (Å²) in [5.74, 6) is 0. The van der Waals surface area contributed by atoms with Crippen LogP contribution in [0.2, 0.25) is 0 Å². The Morgan fingerprint density at radius 2 is 1.78 bits per heavy atom. The van der Waals surface area contributed by atoms with Crippen molar-refractivity contribution < 1.29 is 64.3 Å². The molecule has 0 saturated heterocycles. The maximum Gasteiger partial charge on any atom is 1.00 e. The Morgan fingerprint density at radius 3 is 1.78 bits per heavy atom. The molecule has 0 fully saturated rings. The van der Waals surface area contributed by atoms with Crippen molar-refractivity contribution in [1.29, 1.82) is 0 Å². The second-order valence-electron chi connectivity index (χ2n) is 1.59. The zero-order chi connectivity index (χ0) is 6.78. The van der Waals surface area contributed by atoms with E-state index in [9.17, 15) is 12.9 Å². The molecule has 9 heavy (non-hydrogen) atoms. The molecule has 5 heteroatoms. The van der Waals surface area contributed by atoms with Gasteiger partial charge in [-0.2, -0.15) is 0 Å². The Balaban J connectivity index is 0. The van der Waals surface area contributed by atoms with Gasteiger partial charge in [0.25, 0.3) is 0 Å². The Labute approximate surface area is 95.4 Å². The summed E-state index contributed by atoms with van der Waals surface area (Å²) in [6, 6.07) is 0. The molecule has 0 aliphatic heterocycles. The molecule has 0 unspecified atom stereocenters. The Bertz CT molecular complexity index is 98.5. The summed E-state index contributed by atoms with van der Waals surface area (Å²) in [5, 5.41) is 0. The van der Waals surface area contributed by atoms with E-state index in [4.69, 9.17) is 0 Å². The summed E-state index contributed by atoms with van der Waals surface area (Å²) in [6.45, 7) is -0.468. The monoisotopic (exact) mass is 162 g/mol. The number of allylic oxidation sites excluding steroid dienone is 1. The van der Waals surface area contributed by atoms with Crippen molar-refractivity contribution in [2.24, 2.45) is 0 Å². The molecule has 0 aromatic rings. The van der Waals surface area contributed by atoms with Crippen LogP contribution in [-0.2, 0) is 0 Å². The number of halogens is 3. The van der Waals surface area contributed by atoms with Crippen molar-refractivity contribution in [2.75, 3.05) is 0 Å². The van der Waals surface area contributed by atoms with Gasteiger partial charge in [-0.15, -0.1) is 12.1 Å². The molecule has 0 bridgehead atoms. The maximum atomic E-state index is 11.4.